The fourth-order valence-electron chi connectivity index (χ4n) is 3.97. The highest BCUT2D eigenvalue weighted by atomic mass is 32.2. The van der Waals surface area contributed by atoms with Gasteiger partial charge in [0.2, 0.25) is 11.8 Å². The summed E-state index contributed by atoms with van der Waals surface area (Å²) in [6, 6.07) is 15.7. The Kier molecular flexibility index (Phi) is 7.92. The zero-order chi connectivity index (χ0) is 26.5. The summed E-state index contributed by atoms with van der Waals surface area (Å²) in [5, 5.41) is 3.27. The number of amides is 2. The van der Waals surface area contributed by atoms with E-state index in [9.17, 15) is 24.0 Å². The first kappa shape index (κ1) is 26.0. The van der Waals surface area contributed by atoms with Gasteiger partial charge in [-0.15, -0.1) is 11.8 Å². The molecule has 4 rings (SSSR count). The van der Waals surface area contributed by atoms with Crippen molar-refractivity contribution in [2.45, 2.75) is 43.8 Å². The number of carbonyl (C=O) groups excluding carboxylic acids is 5. The first-order valence-corrected chi connectivity index (χ1v) is 12.4. The summed E-state index contributed by atoms with van der Waals surface area (Å²) in [7, 11) is 0. The van der Waals surface area contributed by atoms with E-state index in [4.69, 9.17) is 4.74 Å². The van der Waals surface area contributed by atoms with Crippen LogP contribution in [0, 0.1) is 0 Å². The number of ether oxygens (including phenoxy) is 1. The van der Waals surface area contributed by atoms with Crippen molar-refractivity contribution in [2.75, 3.05) is 0 Å². The topological polar surface area (TPSA) is 128 Å². The Hall–Kier alpha value is -4.12. The number of β-lactam (4-membered cyclic amide) rings is 1. The summed E-state index contributed by atoms with van der Waals surface area (Å²) in [4.78, 5) is 72.8. The minimum atomic E-state index is -1.48. The zero-order valence-corrected chi connectivity index (χ0v) is 20.8. The number of rotatable bonds is 7. The van der Waals surface area contributed by atoms with Gasteiger partial charge < -0.3 is 15.0 Å². The lowest BCUT2D eigenvalue weighted by atomic mass is 9.97. The molecule has 0 aliphatic carbocycles. The van der Waals surface area contributed by atoms with Crippen molar-refractivity contribution >= 4 is 41.5 Å². The molecule has 2 amide bonds. The third-order valence-corrected chi connectivity index (χ3v) is 6.91. The van der Waals surface area contributed by atoms with Crippen LogP contribution in [0.2, 0.25) is 0 Å². The van der Waals surface area contributed by atoms with Gasteiger partial charge >= 0.3 is 17.9 Å². The van der Waals surface area contributed by atoms with E-state index in [1.807, 2.05) is 12.1 Å². The van der Waals surface area contributed by atoms with Crippen LogP contribution in [0.25, 0.3) is 0 Å². The van der Waals surface area contributed by atoms with Gasteiger partial charge in [0.1, 0.15) is 11.4 Å². The minimum Gasteiger partial charge on any atom is -0.451 e. The van der Waals surface area contributed by atoms with Crippen molar-refractivity contribution in [3.63, 3.8) is 0 Å². The first-order valence-electron chi connectivity index (χ1n) is 11.5. The maximum absolute atomic E-state index is 13.7. The van der Waals surface area contributed by atoms with Crippen molar-refractivity contribution in [1.82, 2.24) is 10.2 Å². The predicted octanol–water partition coefficient (Wildman–Crippen LogP) is 2.40. The molecular formula is C26H24N2O8S. The second-order valence-electron chi connectivity index (χ2n) is 8.24. The predicted molar refractivity (Wildman–Crippen MR) is 131 cm³/mol. The van der Waals surface area contributed by atoms with Crippen LogP contribution in [0.4, 0.5) is 0 Å². The minimum absolute atomic E-state index is 0.0343. The molecule has 3 atom stereocenters. The largest absolute Gasteiger partial charge is 0.451 e. The summed E-state index contributed by atoms with van der Waals surface area (Å²) in [5.41, 5.74) is 1.13. The number of hydrogen-bond donors (Lipinski definition) is 1. The monoisotopic (exact) mass is 524 g/mol. The average Bonchev–Trinajstić information content (AvgIpc) is 2.92. The molecule has 11 heteroatoms. The van der Waals surface area contributed by atoms with Gasteiger partial charge in [-0.25, -0.2) is 24.2 Å². The van der Waals surface area contributed by atoms with Crippen LogP contribution in [-0.2, 0) is 38.5 Å². The zero-order valence-electron chi connectivity index (χ0n) is 20.0. The molecule has 1 saturated heterocycles. The maximum Gasteiger partial charge on any atom is 0.385 e. The van der Waals surface area contributed by atoms with E-state index < -0.39 is 53.3 Å². The van der Waals surface area contributed by atoms with Crippen molar-refractivity contribution in [2.24, 2.45) is 0 Å². The molecular weight excluding hydrogens is 500 g/mol. The second-order valence-corrected chi connectivity index (χ2v) is 9.23. The molecule has 2 aromatic carbocycles. The van der Waals surface area contributed by atoms with E-state index in [1.54, 1.807) is 48.5 Å². The molecule has 2 aliphatic heterocycles. The Balaban J connectivity index is 1.65. The van der Waals surface area contributed by atoms with E-state index in [-0.39, 0.29) is 12.0 Å². The highest BCUT2D eigenvalue weighted by Gasteiger charge is 2.57. The summed E-state index contributed by atoms with van der Waals surface area (Å²) >= 11 is 1.06. The third kappa shape index (κ3) is 5.51. The molecule has 1 N–H and O–H groups in total. The summed E-state index contributed by atoms with van der Waals surface area (Å²) in [6.45, 7) is 2.80. The van der Waals surface area contributed by atoms with Crippen LogP contribution in [-0.4, -0.2) is 52.1 Å². The first-order chi connectivity index (χ1) is 17.8. The smallest absolute Gasteiger partial charge is 0.385 e. The quantitative estimate of drug-likeness (QED) is 0.251. The van der Waals surface area contributed by atoms with Gasteiger partial charge in [0.15, 0.2) is 12.1 Å². The summed E-state index contributed by atoms with van der Waals surface area (Å²) in [6.07, 6.45) is -0.867. The third-order valence-electron chi connectivity index (χ3n) is 5.74. The van der Waals surface area contributed by atoms with Gasteiger partial charge in [-0.3, -0.25) is 9.59 Å². The molecule has 1 fully saturated rings. The second kappa shape index (κ2) is 11.3. The maximum atomic E-state index is 13.7. The Bertz CT molecular complexity index is 1190. The Morgan fingerprint density at radius 3 is 2.11 bits per heavy atom. The number of fused-ring (bicyclic) bond motifs is 1. The molecule has 192 valence electrons. The Morgan fingerprint density at radius 1 is 0.973 bits per heavy atom. The summed E-state index contributed by atoms with van der Waals surface area (Å²) in [5.74, 6) is -3.75. The Morgan fingerprint density at radius 2 is 1.57 bits per heavy atom. The number of carbonyl (C=O) groups is 5. The van der Waals surface area contributed by atoms with Crippen LogP contribution >= 0.6 is 11.8 Å². The van der Waals surface area contributed by atoms with E-state index in [1.165, 1.54) is 24.2 Å². The lowest BCUT2D eigenvalue weighted by molar-refractivity contribution is -0.256. The molecule has 0 bridgehead atoms. The highest BCUT2D eigenvalue weighted by Crippen LogP contribution is 2.41. The number of nitrogens with zero attached hydrogens (tertiary/aromatic N) is 1. The lowest BCUT2D eigenvalue weighted by Gasteiger charge is -2.51. The molecule has 2 heterocycles. The average molecular weight is 525 g/mol. The van der Waals surface area contributed by atoms with E-state index in [0.29, 0.717) is 11.1 Å². The number of benzene rings is 2. The van der Waals surface area contributed by atoms with Crippen molar-refractivity contribution < 1.29 is 38.5 Å². The normalized spacial score (nSPS) is 20.2. The fourth-order valence-corrected chi connectivity index (χ4v) is 5.18. The molecule has 2 aliphatic rings. The number of thioether (sulfide) groups is 1. The summed E-state index contributed by atoms with van der Waals surface area (Å²) < 4.78 is 5.92. The van der Waals surface area contributed by atoms with E-state index in [0.717, 1.165) is 11.8 Å². The molecule has 0 saturated carbocycles. The number of hydrogen-bond acceptors (Lipinski definition) is 9. The standard InChI is InChI=1S/C26H24N2O8S/c1-3-19(30)35-36-25(32)18-14-37-24-20(27-15(2)29)23(31)28(24)21(18)26(33)34-22(16-10-6-4-7-11-16)17-12-8-5-9-13-17/h4-14,20-22,24H,3H2,1-2H3,(H,27,29)/t20?,21?,24-/m1/s1. The van der Waals surface area contributed by atoms with Gasteiger partial charge in [0.25, 0.3) is 0 Å². The van der Waals surface area contributed by atoms with Gasteiger partial charge in [0, 0.05) is 13.3 Å². The Labute approximate surface area is 216 Å². The number of esters is 1. The fraction of sp³-hybridized carbons (Fsp3) is 0.269. The van der Waals surface area contributed by atoms with E-state index in [2.05, 4.69) is 15.1 Å². The van der Waals surface area contributed by atoms with Crippen molar-refractivity contribution in [3.8, 4) is 0 Å². The number of nitrogens with one attached hydrogen (secondary N) is 1. The van der Waals surface area contributed by atoms with Crippen LogP contribution < -0.4 is 5.32 Å². The molecule has 10 nitrogen and oxygen atoms in total. The molecule has 0 radical (unpaired) electrons. The van der Waals surface area contributed by atoms with Crippen LogP contribution in [0.15, 0.2) is 71.6 Å². The molecule has 0 spiro atoms. The molecule has 0 aromatic heterocycles. The van der Waals surface area contributed by atoms with Gasteiger partial charge in [-0.2, -0.15) is 0 Å². The van der Waals surface area contributed by atoms with Gasteiger partial charge in [-0.1, -0.05) is 67.6 Å². The molecule has 37 heavy (non-hydrogen) atoms. The van der Waals surface area contributed by atoms with Gasteiger partial charge in [0.05, 0.1) is 5.57 Å². The van der Waals surface area contributed by atoms with E-state index >= 15 is 0 Å². The lowest BCUT2D eigenvalue weighted by Crippen LogP contribution is -2.74. The molecule has 2 aromatic rings. The van der Waals surface area contributed by atoms with Crippen LogP contribution in [0.5, 0.6) is 0 Å². The SMILES string of the molecule is CCC(=O)OOC(=O)C1=CS[C@@H]2C(NC(C)=O)C(=O)N2C1C(=O)OC(c1ccccc1)c1ccccc1. The van der Waals surface area contributed by atoms with Gasteiger partial charge in [-0.05, 0) is 16.5 Å². The van der Waals surface area contributed by atoms with Crippen LogP contribution in [0.3, 0.4) is 0 Å². The highest BCUT2D eigenvalue weighted by molar-refractivity contribution is 8.03. The van der Waals surface area contributed by atoms with Crippen molar-refractivity contribution in [3.05, 3.63) is 82.8 Å². The van der Waals surface area contributed by atoms with Crippen LogP contribution in [0.1, 0.15) is 37.5 Å². The molecule has 2 unspecified atom stereocenters. The van der Waals surface area contributed by atoms with Crippen molar-refractivity contribution in [1.29, 1.82) is 0 Å².